The van der Waals surface area contributed by atoms with E-state index in [-0.39, 0.29) is 17.3 Å². The zero-order chi connectivity index (χ0) is 15.9. The van der Waals surface area contributed by atoms with Gasteiger partial charge in [0.15, 0.2) is 11.3 Å². The molecule has 22 heavy (non-hydrogen) atoms. The van der Waals surface area contributed by atoms with Crippen molar-refractivity contribution in [2.75, 3.05) is 18.0 Å². The first-order valence-electron chi connectivity index (χ1n) is 7.14. The van der Waals surface area contributed by atoms with Crippen molar-refractivity contribution in [3.05, 3.63) is 39.8 Å². The predicted octanol–water partition coefficient (Wildman–Crippen LogP) is 2.55. The lowest BCUT2D eigenvalue weighted by Gasteiger charge is -2.32. The summed E-state index contributed by atoms with van der Waals surface area (Å²) in [5.41, 5.74) is 0.853. The van der Waals surface area contributed by atoms with E-state index in [2.05, 4.69) is 4.98 Å². The molecule has 0 aliphatic carbocycles. The van der Waals surface area contributed by atoms with Crippen LogP contribution in [0.1, 0.15) is 18.5 Å². The molecule has 0 radical (unpaired) electrons. The first-order chi connectivity index (χ1) is 10.5. The number of halogens is 1. The van der Waals surface area contributed by atoms with Crippen LogP contribution in [-0.2, 0) is 0 Å². The van der Waals surface area contributed by atoms with Gasteiger partial charge in [-0.3, -0.25) is 10.1 Å². The van der Waals surface area contributed by atoms with Crippen molar-refractivity contribution in [3.8, 4) is 0 Å². The molecule has 0 saturated carbocycles. The molecule has 1 aromatic heterocycles. The maximum absolute atomic E-state index is 14.5. The van der Waals surface area contributed by atoms with Crippen LogP contribution < -0.4 is 4.90 Å². The molecule has 7 heteroatoms. The molecule has 1 aromatic carbocycles. The monoisotopic (exact) mass is 305 g/mol. The molecule has 0 bridgehead atoms. The Labute approximate surface area is 126 Å². The number of nitro benzene ring substituents is 1. The molecule has 0 atom stereocenters. The highest BCUT2D eigenvalue weighted by molar-refractivity contribution is 5.98. The van der Waals surface area contributed by atoms with Crippen molar-refractivity contribution < 1.29 is 14.4 Å². The summed E-state index contributed by atoms with van der Waals surface area (Å²) in [4.78, 5) is 16.6. The maximum atomic E-state index is 14.5. The highest BCUT2D eigenvalue weighted by Crippen LogP contribution is 2.36. The van der Waals surface area contributed by atoms with Gasteiger partial charge in [0, 0.05) is 24.2 Å². The van der Waals surface area contributed by atoms with Gasteiger partial charge in [-0.2, -0.15) is 0 Å². The van der Waals surface area contributed by atoms with E-state index in [4.69, 9.17) is 0 Å². The summed E-state index contributed by atoms with van der Waals surface area (Å²) < 4.78 is 14.5. The van der Waals surface area contributed by atoms with Gasteiger partial charge in [0.05, 0.1) is 22.8 Å². The molecule has 1 N–H and O–H groups in total. The van der Waals surface area contributed by atoms with Gasteiger partial charge in [-0.05, 0) is 31.9 Å². The van der Waals surface area contributed by atoms with Crippen LogP contribution in [-0.4, -0.2) is 34.2 Å². The Kier molecular flexibility index (Phi) is 3.66. The Balaban J connectivity index is 2.20. The zero-order valence-corrected chi connectivity index (χ0v) is 12.1. The number of nitrogens with zero attached hydrogens (tertiary/aromatic N) is 3. The fraction of sp³-hybridized carbons (Fsp3) is 0.400. The number of fused-ring (bicyclic) bond motifs is 1. The Bertz CT molecular complexity index is 742. The summed E-state index contributed by atoms with van der Waals surface area (Å²) in [6, 6.07) is 4.33. The second-order valence-electron chi connectivity index (χ2n) is 5.55. The van der Waals surface area contributed by atoms with Crippen molar-refractivity contribution in [2.24, 2.45) is 0 Å². The number of nitro groups is 1. The first-order valence-corrected chi connectivity index (χ1v) is 7.14. The standard InChI is InChI=1S/C15H16FN3O3/c1-9-2-3-11-14(17-9)13(19(21)22)8-12(16)15(11)18-6-4-10(20)5-7-18/h2-3,8,10,20H,4-7H2,1H3. The van der Waals surface area contributed by atoms with E-state index in [1.165, 1.54) is 0 Å². The predicted molar refractivity (Wildman–Crippen MR) is 80.5 cm³/mol. The van der Waals surface area contributed by atoms with Crippen LogP contribution in [0.25, 0.3) is 10.9 Å². The van der Waals surface area contributed by atoms with E-state index in [9.17, 15) is 19.6 Å². The number of aliphatic hydroxyl groups excluding tert-OH is 1. The molecule has 1 saturated heterocycles. The van der Waals surface area contributed by atoms with Gasteiger partial charge < -0.3 is 10.0 Å². The smallest absolute Gasteiger partial charge is 0.298 e. The minimum Gasteiger partial charge on any atom is -0.393 e. The first kappa shape index (κ1) is 14.6. The summed E-state index contributed by atoms with van der Waals surface area (Å²) >= 11 is 0. The van der Waals surface area contributed by atoms with Crippen LogP contribution in [0, 0.1) is 22.9 Å². The lowest BCUT2D eigenvalue weighted by Crippen LogP contribution is -2.36. The number of anilines is 1. The van der Waals surface area contributed by atoms with E-state index in [0.717, 1.165) is 6.07 Å². The Morgan fingerprint density at radius 1 is 1.41 bits per heavy atom. The average molecular weight is 305 g/mol. The topological polar surface area (TPSA) is 79.5 Å². The van der Waals surface area contributed by atoms with Crippen LogP contribution in [0.3, 0.4) is 0 Å². The molecule has 2 heterocycles. The van der Waals surface area contributed by atoms with E-state index in [1.54, 1.807) is 19.1 Å². The van der Waals surface area contributed by atoms with Crippen molar-refractivity contribution in [1.82, 2.24) is 4.98 Å². The van der Waals surface area contributed by atoms with Gasteiger partial charge in [-0.1, -0.05) is 0 Å². The minimum atomic E-state index is -0.624. The van der Waals surface area contributed by atoms with Gasteiger partial charge in [-0.25, -0.2) is 9.37 Å². The third-order valence-electron chi connectivity index (χ3n) is 4.00. The molecule has 6 nitrogen and oxygen atoms in total. The molecule has 2 aromatic rings. The number of aromatic nitrogens is 1. The third-order valence-corrected chi connectivity index (χ3v) is 4.00. The number of aliphatic hydroxyl groups is 1. The quantitative estimate of drug-likeness (QED) is 0.681. The molecule has 0 unspecified atom stereocenters. The van der Waals surface area contributed by atoms with Crippen LogP contribution in [0.15, 0.2) is 18.2 Å². The minimum absolute atomic E-state index is 0.201. The van der Waals surface area contributed by atoms with E-state index >= 15 is 0 Å². The third kappa shape index (κ3) is 2.48. The number of hydrogen-bond acceptors (Lipinski definition) is 5. The number of rotatable bonds is 2. The molecule has 0 amide bonds. The fourth-order valence-corrected chi connectivity index (χ4v) is 2.88. The van der Waals surface area contributed by atoms with Gasteiger partial charge in [0.1, 0.15) is 0 Å². The second kappa shape index (κ2) is 5.49. The largest absolute Gasteiger partial charge is 0.393 e. The van der Waals surface area contributed by atoms with Crippen LogP contribution in [0.2, 0.25) is 0 Å². The van der Waals surface area contributed by atoms with Gasteiger partial charge >= 0.3 is 0 Å². The summed E-state index contributed by atoms with van der Waals surface area (Å²) in [6.07, 6.45) is 0.734. The lowest BCUT2D eigenvalue weighted by molar-refractivity contribution is -0.383. The highest BCUT2D eigenvalue weighted by Gasteiger charge is 2.26. The number of non-ortho nitro benzene ring substituents is 1. The zero-order valence-electron chi connectivity index (χ0n) is 12.1. The number of pyridine rings is 1. The van der Waals surface area contributed by atoms with Crippen LogP contribution in [0.5, 0.6) is 0 Å². The van der Waals surface area contributed by atoms with E-state index in [0.29, 0.717) is 42.7 Å². The summed E-state index contributed by atoms with van der Waals surface area (Å²) in [5.74, 6) is -0.624. The lowest BCUT2D eigenvalue weighted by atomic mass is 10.0. The van der Waals surface area contributed by atoms with Crippen molar-refractivity contribution in [1.29, 1.82) is 0 Å². The fourth-order valence-electron chi connectivity index (χ4n) is 2.88. The molecule has 116 valence electrons. The Morgan fingerprint density at radius 3 is 2.73 bits per heavy atom. The molecule has 1 fully saturated rings. The van der Waals surface area contributed by atoms with Crippen molar-refractivity contribution in [2.45, 2.75) is 25.9 Å². The highest BCUT2D eigenvalue weighted by atomic mass is 19.1. The van der Waals surface area contributed by atoms with Gasteiger partial charge in [0.25, 0.3) is 5.69 Å². The normalized spacial score (nSPS) is 16.2. The molecule has 0 spiro atoms. The molecule has 1 aliphatic rings. The Hall–Kier alpha value is -2.28. The molecular formula is C15H16FN3O3. The average Bonchev–Trinajstić information content (AvgIpc) is 2.48. The van der Waals surface area contributed by atoms with Crippen molar-refractivity contribution in [3.63, 3.8) is 0 Å². The van der Waals surface area contributed by atoms with Crippen molar-refractivity contribution >= 4 is 22.3 Å². The number of benzene rings is 1. The molecule has 1 aliphatic heterocycles. The van der Waals surface area contributed by atoms with Crippen LogP contribution >= 0.6 is 0 Å². The van der Waals surface area contributed by atoms with E-state index < -0.39 is 10.7 Å². The SMILES string of the molecule is Cc1ccc2c(N3CCC(O)CC3)c(F)cc([N+](=O)[O-])c2n1. The summed E-state index contributed by atoms with van der Waals surface area (Å²) in [6.45, 7) is 2.77. The molecular weight excluding hydrogens is 289 g/mol. The number of aryl methyl sites for hydroxylation is 1. The maximum Gasteiger partial charge on any atom is 0.298 e. The summed E-state index contributed by atoms with van der Waals surface area (Å²) in [5, 5.41) is 21.2. The Morgan fingerprint density at radius 2 is 2.09 bits per heavy atom. The van der Waals surface area contributed by atoms with Gasteiger partial charge in [0.2, 0.25) is 0 Å². The van der Waals surface area contributed by atoms with Gasteiger partial charge in [-0.15, -0.1) is 0 Å². The number of piperidine rings is 1. The van der Waals surface area contributed by atoms with Crippen LogP contribution in [0.4, 0.5) is 15.8 Å². The molecule has 3 rings (SSSR count). The summed E-state index contributed by atoms with van der Waals surface area (Å²) in [7, 11) is 0. The second-order valence-corrected chi connectivity index (χ2v) is 5.55. The van der Waals surface area contributed by atoms with E-state index in [1.807, 2.05) is 4.90 Å². The number of hydrogen-bond donors (Lipinski definition) is 1.